The van der Waals surface area contributed by atoms with Gasteiger partial charge in [-0.1, -0.05) is 67.9 Å². The van der Waals surface area contributed by atoms with Gasteiger partial charge in [-0.25, -0.2) is 0 Å². The van der Waals surface area contributed by atoms with Crippen LogP contribution in [-0.4, -0.2) is 34.9 Å². The first-order valence-electron chi connectivity index (χ1n) is 16.9. The van der Waals surface area contributed by atoms with E-state index in [0.29, 0.717) is 41.9 Å². The number of carbonyl (C=O) groups is 2. The fourth-order valence-corrected chi connectivity index (χ4v) is 9.91. The Morgan fingerprint density at radius 1 is 1.00 bits per heavy atom. The molecular formula is C36H52N2O5. The molecule has 0 aromatic heterocycles. The molecule has 5 fully saturated rings. The third-order valence-corrected chi connectivity index (χ3v) is 12.6. The largest absolute Gasteiger partial charge is 0.481 e. The van der Waals surface area contributed by atoms with E-state index in [1.807, 2.05) is 0 Å². The summed E-state index contributed by atoms with van der Waals surface area (Å²) >= 11 is 0. The number of rotatable bonds is 6. The zero-order valence-corrected chi connectivity index (χ0v) is 26.2. The van der Waals surface area contributed by atoms with Gasteiger partial charge in [0.15, 0.2) is 0 Å². The first-order chi connectivity index (χ1) is 20.6. The van der Waals surface area contributed by atoms with E-state index in [2.05, 4.69) is 56.4 Å². The van der Waals surface area contributed by atoms with Gasteiger partial charge in [-0.15, -0.1) is 0 Å². The summed E-state index contributed by atoms with van der Waals surface area (Å²) in [6.45, 7) is 4.97. The molecule has 8 aliphatic carbocycles. The van der Waals surface area contributed by atoms with E-state index in [9.17, 15) is 19.7 Å². The summed E-state index contributed by atoms with van der Waals surface area (Å²) in [5, 5.41) is 19.3. The Morgan fingerprint density at radius 3 is 2.19 bits per heavy atom. The average Bonchev–Trinajstić information content (AvgIpc) is 3.73. The highest BCUT2D eigenvalue weighted by Gasteiger charge is 2.56. The number of nitro groups is 1. The minimum absolute atomic E-state index is 0.0255. The van der Waals surface area contributed by atoms with Gasteiger partial charge in [-0.2, -0.15) is 0 Å². The Morgan fingerprint density at radius 2 is 1.67 bits per heavy atom. The molecule has 0 radical (unpaired) electrons. The molecule has 3 N–H and O–H groups in total. The van der Waals surface area contributed by atoms with E-state index in [1.54, 1.807) is 5.57 Å². The molecule has 236 valence electrons. The molecule has 0 aromatic carbocycles. The number of nitrogens with zero attached hydrogens (tertiary/aromatic N) is 1. The van der Waals surface area contributed by atoms with Gasteiger partial charge >= 0.3 is 5.97 Å². The molecule has 7 nitrogen and oxygen atoms in total. The zero-order valence-electron chi connectivity index (χ0n) is 26.2. The van der Waals surface area contributed by atoms with Crippen molar-refractivity contribution in [3.05, 3.63) is 58.2 Å². The van der Waals surface area contributed by atoms with Gasteiger partial charge in [0.25, 0.3) is 0 Å². The molecule has 43 heavy (non-hydrogen) atoms. The number of allylic oxidation sites excluding steroid dienone is 8. The number of carboxylic acids is 1. The van der Waals surface area contributed by atoms with Crippen molar-refractivity contribution in [3.63, 3.8) is 0 Å². The van der Waals surface area contributed by atoms with E-state index in [-0.39, 0.29) is 28.7 Å². The van der Waals surface area contributed by atoms with Crippen molar-refractivity contribution in [2.75, 3.05) is 13.1 Å². The van der Waals surface area contributed by atoms with Crippen LogP contribution in [0.4, 0.5) is 0 Å². The number of fused-ring (bicyclic) bond motifs is 4. The van der Waals surface area contributed by atoms with Crippen LogP contribution in [-0.2, 0) is 9.59 Å². The summed E-state index contributed by atoms with van der Waals surface area (Å²) < 4.78 is 0. The zero-order chi connectivity index (χ0) is 30.8. The highest BCUT2D eigenvalue weighted by atomic mass is 16.6. The lowest BCUT2D eigenvalue weighted by molar-refractivity contribution is -0.506. The lowest BCUT2D eigenvalue weighted by Crippen LogP contribution is -2.51. The van der Waals surface area contributed by atoms with Gasteiger partial charge in [-0.3, -0.25) is 19.7 Å². The fourth-order valence-electron chi connectivity index (χ4n) is 9.91. The molecular weight excluding hydrogens is 540 g/mol. The summed E-state index contributed by atoms with van der Waals surface area (Å²) in [6.07, 6.45) is 28.4. The van der Waals surface area contributed by atoms with Gasteiger partial charge in [-0.05, 0) is 112 Å². The van der Waals surface area contributed by atoms with Crippen LogP contribution < -0.4 is 5.73 Å². The molecule has 0 unspecified atom stereocenters. The Labute approximate surface area is 257 Å². The van der Waals surface area contributed by atoms with Crippen molar-refractivity contribution in [1.29, 1.82) is 0 Å². The molecule has 0 spiro atoms. The molecule has 8 aliphatic rings. The van der Waals surface area contributed by atoms with Crippen LogP contribution in [0.3, 0.4) is 0 Å². The molecule has 8 rings (SSSR count). The molecule has 0 aliphatic heterocycles. The summed E-state index contributed by atoms with van der Waals surface area (Å²) in [5.74, 6) is 5.33. The van der Waals surface area contributed by atoms with Gasteiger partial charge < -0.3 is 10.8 Å². The van der Waals surface area contributed by atoms with Crippen LogP contribution >= 0.6 is 0 Å². The Hall–Kier alpha value is -2.54. The number of carboxylic acid groups (broad SMARTS) is 1. The second-order valence-corrected chi connectivity index (χ2v) is 14.6. The van der Waals surface area contributed by atoms with Crippen LogP contribution in [0.25, 0.3) is 0 Å². The lowest BCUT2D eigenvalue weighted by atomic mass is 9.53. The molecule has 7 heteroatoms. The van der Waals surface area contributed by atoms with Crippen LogP contribution in [0.1, 0.15) is 90.9 Å². The van der Waals surface area contributed by atoms with Crippen LogP contribution in [0.2, 0.25) is 0 Å². The number of hydrogen-bond acceptors (Lipinski definition) is 5. The third kappa shape index (κ3) is 6.34. The second-order valence-electron chi connectivity index (χ2n) is 14.6. The van der Waals surface area contributed by atoms with Crippen LogP contribution in [0.15, 0.2) is 48.1 Å². The van der Waals surface area contributed by atoms with Crippen molar-refractivity contribution in [2.45, 2.75) is 90.9 Å². The number of carbonyl (C=O) groups excluding carboxylic acids is 1. The smallest absolute Gasteiger partial charge is 0.303 e. The van der Waals surface area contributed by atoms with E-state index < -0.39 is 5.97 Å². The molecule has 10 atom stereocenters. The molecule has 0 amide bonds. The van der Waals surface area contributed by atoms with Gasteiger partial charge in [0.2, 0.25) is 6.54 Å². The highest BCUT2D eigenvalue weighted by molar-refractivity contribution is 5.88. The lowest BCUT2D eigenvalue weighted by Gasteiger charge is -2.51. The maximum absolute atomic E-state index is 10.7. The topological polar surface area (TPSA) is 124 Å². The molecule has 0 heterocycles. The molecule has 0 aromatic rings. The Balaban J connectivity index is 0.000000116. The maximum atomic E-state index is 10.7. The van der Waals surface area contributed by atoms with E-state index in [0.717, 1.165) is 56.3 Å². The third-order valence-electron chi connectivity index (χ3n) is 12.6. The quantitative estimate of drug-likeness (QED) is 0.192. The van der Waals surface area contributed by atoms with E-state index >= 15 is 0 Å². The molecule has 0 saturated heterocycles. The number of ketones is 1. The SMILES string of the molecule is CC=C1C[C@H]2C=CC[C@@H]12.CC[C@@]1(C[N+](=O)[O-])C[C@H]2C=CC[C@H]21.NC[C@]1(CC(=O)O)C[C@H]2CCC[C@H]21.O=C1C[C@H]2C=CC[C@@H]12. The van der Waals surface area contributed by atoms with Crippen LogP contribution in [0, 0.1) is 68.3 Å². The average molecular weight is 593 g/mol. The van der Waals surface area contributed by atoms with Gasteiger partial charge in [0.05, 0.1) is 6.42 Å². The van der Waals surface area contributed by atoms with E-state index in [4.69, 9.17) is 10.8 Å². The number of aliphatic carboxylic acids is 1. The normalized spacial score (nSPS) is 42.1. The Kier molecular flexibility index (Phi) is 9.79. The molecule has 5 saturated carbocycles. The molecule has 0 bridgehead atoms. The van der Waals surface area contributed by atoms with Crippen molar-refractivity contribution < 1.29 is 19.6 Å². The van der Waals surface area contributed by atoms with Crippen molar-refractivity contribution in [1.82, 2.24) is 0 Å². The van der Waals surface area contributed by atoms with Crippen molar-refractivity contribution in [2.24, 2.45) is 63.9 Å². The fraction of sp³-hybridized carbons (Fsp3) is 0.722. The summed E-state index contributed by atoms with van der Waals surface area (Å²) in [6, 6.07) is 0. The number of Topliss-reactive ketones (excluding diaryl/α,β-unsaturated/α-hetero) is 1. The summed E-state index contributed by atoms with van der Waals surface area (Å²) in [4.78, 5) is 31.8. The standard InChI is InChI=1S/C10H15NO2.C10H17NO2.C9H12.C7H8O/c1-2-10(7-11(12)13)6-8-4-3-5-9(8)10;11-6-10(5-9(12)13)4-7-2-1-3-8(7)10;1-2-7-6-8-4-3-5-9(7)8;8-7-4-5-2-1-3-6(5)7/h3-4,8-9H,2,5-7H2,1H3;7-8H,1-6,11H2,(H,12,13);2-4,8-9H,5-6H2,1H3;1-2,5-6H,3-4H2/t8-,9-,10+;7-,8-,10-;8-,9+;5-,6-/m1111/s1. The minimum Gasteiger partial charge on any atom is -0.481 e. The van der Waals surface area contributed by atoms with Crippen LogP contribution in [0.5, 0.6) is 0 Å². The van der Waals surface area contributed by atoms with Gasteiger partial charge in [0, 0.05) is 22.7 Å². The Bertz CT molecular complexity index is 1170. The maximum Gasteiger partial charge on any atom is 0.303 e. The minimum atomic E-state index is -0.684. The number of nitrogens with two attached hydrogens (primary N) is 1. The summed E-state index contributed by atoms with van der Waals surface area (Å²) in [5.41, 5.74) is 7.39. The number of hydrogen-bond donors (Lipinski definition) is 2. The van der Waals surface area contributed by atoms with Crippen molar-refractivity contribution in [3.8, 4) is 0 Å². The second kappa shape index (κ2) is 13.2. The first kappa shape index (κ1) is 31.9. The first-order valence-corrected chi connectivity index (χ1v) is 16.9. The van der Waals surface area contributed by atoms with Crippen molar-refractivity contribution >= 4 is 11.8 Å². The van der Waals surface area contributed by atoms with E-state index in [1.165, 1.54) is 32.1 Å². The summed E-state index contributed by atoms with van der Waals surface area (Å²) in [7, 11) is 0. The highest BCUT2D eigenvalue weighted by Crippen LogP contribution is 2.60. The predicted molar refractivity (Wildman–Crippen MR) is 169 cm³/mol. The predicted octanol–water partition coefficient (Wildman–Crippen LogP) is 7.16. The monoisotopic (exact) mass is 592 g/mol. The van der Waals surface area contributed by atoms with Gasteiger partial charge in [0.1, 0.15) is 5.78 Å².